The minimum absolute atomic E-state index is 0.477. The van der Waals surface area contributed by atoms with Crippen LogP contribution in [0.5, 0.6) is 0 Å². The Morgan fingerprint density at radius 3 is 2.19 bits per heavy atom. The first-order valence-corrected chi connectivity index (χ1v) is 7.36. The summed E-state index contributed by atoms with van der Waals surface area (Å²) in [5.74, 6) is 0.477. The van der Waals surface area contributed by atoms with Crippen molar-refractivity contribution >= 4 is 5.71 Å². The van der Waals surface area contributed by atoms with Crippen molar-refractivity contribution in [3.63, 3.8) is 0 Å². The molecule has 0 rings (SSSR count). The lowest BCUT2D eigenvalue weighted by Crippen LogP contribution is -2.23. The second-order valence-electron chi connectivity index (χ2n) is 5.72. The van der Waals surface area contributed by atoms with Gasteiger partial charge in [-0.05, 0) is 44.4 Å². The highest BCUT2D eigenvalue weighted by atomic mass is 15.1. The Morgan fingerprint density at radius 1 is 1.14 bits per heavy atom. The van der Waals surface area contributed by atoms with Crippen molar-refractivity contribution in [3.05, 3.63) is 60.5 Å². The maximum absolute atomic E-state index is 4.34. The maximum Gasteiger partial charge on any atom is 0.0595 e. The van der Waals surface area contributed by atoms with Crippen molar-refractivity contribution in [3.8, 4) is 0 Å². The molecule has 21 heavy (non-hydrogen) atoms. The molecule has 0 aromatic heterocycles. The molecule has 0 heterocycles. The summed E-state index contributed by atoms with van der Waals surface area (Å²) >= 11 is 0. The van der Waals surface area contributed by atoms with E-state index < -0.39 is 0 Å². The van der Waals surface area contributed by atoms with Gasteiger partial charge in [0, 0.05) is 18.9 Å². The normalized spacial score (nSPS) is 13.2. The molecule has 0 saturated heterocycles. The van der Waals surface area contributed by atoms with E-state index in [1.54, 1.807) is 6.20 Å². The molecular formula is C19H30N2. The molecule has 0 saturated carbocycles. The Bertz CT molecular complexity index is 470. The van der Waals surface area contributed by atoms with E-state index in [4.69, 9.17) is 0 Å². The van der Waals surface area contributed by atoms with Gasteiger partial charge in [0.25, 0.3) is 0 Å². The largest absolute Gasteiger partial charge is 0.372 e. The highest BCUT2D eigenvalue weighted by molar-refractivity contribution is 5.97. The number of allylic oxidation sites excluding steroid dienone is 6. The molecule has 0 bridgehead atoms. The van der Waals surface area contributed by atoms with Gasteiger partial charge in [0.1, 0.15) is 0 Å². The van der Waals surface area contributed by atoms with Crippen molar-refractivity contribution in [2.24, 2.45) is 10.9 Å². The fourth-order valence-corrected chi connectivity index (χ4v) is 1.84. The zero-order chi connectivity index (χ0) is 16.4. The number of nitrogens with zero attached hydrogens (tertiary/aromatic N) is 2. The molecule has 0 radical (unpaired) electrons. The molecule has 0 N–H and O–H groups in total. The predicted molar refractivity (Wildman–Crippen MR) is 96.6 cm³/mol. The van der Waals surface area contributed by atoms with Gasteiger partial charge in [0.05, 0.1) is 12.3 Å². The van der Waals surface area contributed by atoms with Crippen molar-refractivity contribution in [1.82, 2.24) is 4.90 Å². The van der Waals surface area contributed by atoms with Crippen LogP contribution in [-0.2, 0) is 0 Å². The van der Waals surface area contributed by atoms with E-state index in [1.165, 1.54) is 16.8 Å². The Hall–Kier alpha value is -1.83. The van der Waals surface area contributed by atoms with Crippen molar-refractivity contribution in [2.45, 2.75) is 34.6 Å². The number of rotatable bonds is 8. The third-order valence-electron chi connectivity index (χ3n) is 3.07. The molecule has 0 aliphatic carbocycles. The summed E-state index contributed by atoms with van der Waals surface area (Å²) in [6.45, 7) is 18.9. The van der Waals surface area contributed by atoms with E-state index in [9.17, 15) is 0 Å². The number of hydrogen-bond acceptors (Lipinski definition) is 2. The first-order valence-electron chi connectivity index (χ1n) is 7.36. The summed E-state index contributed by atoms with van der Waals surface area (Å²) in [6, 6.07) is 0. The molecule has 0 spiro atoms. The van der Waals surface area contributed by atoms with Crippen LogP contribution in [-0.4, -0.2) is 24.2 Å². The second-order valence-corrected chi connectivity index (χ2v) is 5.72. The minimum atomic E-state index is 0.477. The smallest absolute Gasteiger partial charge is 0.0595 e. The van der Waals surface area contributed by atoms with Gasteiger partial charge in [-0.1, -0.05) is 44.7 Å². The molecule has 0 aliphatic heterocycles. The van der Waals surface area contributed by atoms with E-state index in [2.05, 4.69) is 82.9 Å². The van der Waals surface area contributed by atoms with Gasteiger partial charge in [0.15, 0.2) is 0 Å². The summed E-state index contributed by atoms with van der Waals surface area (Å²) in [6.07, 6.45) is 9.80. The molecule has 0 aromatic rings. The molecule has 116 valence electrons. The molecule has 2 nitrogen and oxygen atoms in total. The fraction of sp³-hybridized carbons (Fsp3) is 0.421. The van der Waals surface area contributed by atoms with Crippen LogP contribution < -0.4 is 0 Å². The van der Waals surface area contributed by atoms with E-state index in [1.807, 2.05) is 6.08 Å². The Morgan fingerprint density at radius 2 is 1.76 bits per heavy atom. The first kappa shape index (κ1) is 19.2. The van der Waals surface area contributed by atoms with Crippen molar-refractivity contribution in [1.29, 1.82) is 0 Å². The molecule has 0 aromatic carbocycles. The zero-order valence-corrected chi connectivity index (χ0v) is 14.5. The van der Waals surface area contributed by atoms with Crippen LogP contribution in [0.25, 0.3) is 0 Å². The summed E-state index contributed by atoms with van der Waals surface area (Å²) in [4.78, 5) is 6.54. The van der Waals surface area contributed by atoms with Crippen LogP contribution in [0, 0.1) is 5.92 Å². The van der Waals surface area contributed by atoms with Crippen LogP contribution in [0.1, 0.15) is 34.6 Å². The van der Waals surface area contributed by atoms with Gasteiger partial charge in [-0.3, -0.25) is 4.99 Å². The fourth-order valence-electron chi connectivity index (χ4n) is 1.84. The van der Waals surface area contributed by atoms with Gasteiger partial charge in [0.2, 0.25) is 0 Å². The lowest BCUT2D eigenvalue weighted by atomic mass is 10.0. The van der Waals surface area contributed by atoms with E-state index >= 15 is 0 Å². The Kier molecular flexibility index (Phi) is 9.11. The zero-order valence-electron chi connectivity index (χ0n) is 14.5. The highest BCUT2D eigenvalue weighted by Gasteiger charge is 2.05. The van der Waals surface area contributed by atoms with Gasteiger partial charge < -0.3 is 4.90 Å². The molecule has 2 heteroatoms. The Balaban J connectivity index is 5.15. The SMILES string of the molecule is C=C/C=C(\C=C(\C)N(C)C/C(C=C(C)C)=N/C=C)C(C)C. The topological polar surface area (TPSA) is 15.6 Å². The molecule has 0 aliphatic rings. The standard InChI is InChI=1S/C19H30N2/c1-9-11-18(16(5)6)13-17(7)21(8)14-19(20-10-2)12-15(3)4/h9-13,16H,1-2,14H2,3-8H3/b17-13-,18-11+,20-19+. The summed E-state index contributed by atoms with van der Waals surface area (Å²) < 4.78 is 0. The van der Waals surface area contributed by atoms with Gasteiger partial charge in [-0.25, -0.2) is 0 Å². The van der Waals surface area contributed by atoms with Crippen LogP contribution in [0.2, 0.25) is 0 Å². The lowest BCUT2D eigenvalue weighted by Gasteiger charge is -2.21. The number of hydrogen-bond donors (Lipinski definition) is 0. The maximum atomic E-state index is 4.34. The predicted octanol–water partition coefficient (Wildman–Crippen LogP) is 5.14. The quantitative estimate of drug-likeness (QED) is 0.445. The summed E-state index contributed by atoms with van der Waals surface area (Å²) in [5, 5.41) is 0. The number of aliphatic imine (C=N–C) groups is 1. The first-order chi connectivity index (χ1) is 9.81. The monoisotopic (exact) mass is 286 g/mol. The third-order valence-corrected chi connectivity index (χ3v) is 3.07. The summed E-state index contributed by atoms with van der Waals surface area (Å²) in [5.41, 5.74) is 4.73. The molecular weight excluding hydrogens is 256 g/mol. The Labute approximate surface area is 131 Å². The van der Waals surface area contributed by atoms with Gasteiger partial charge >= 0.3 is 0 Å². The van der Waals surface area contributed by atoms with E-state index in [0.29, 0.717) is 5.92 Å². The van der Waals surface area contributed by atoms with Crippen LogP contribution in [0.15, 0.2) is 65.5 Å². The van der Waals surface area contributed by atoms with Gasteiger partial charge in [-0.2, -0.15) is 0 Å². The molecule has 0 atom stereocenters. The lowest BCUT2D eigenvalue weighted by molar-refractivity contribution is 0.478. The van der Waals surface area contributed by atoms with Crippen molar-refractivity contribution in [2.75, 3.05) is 13.6 Å². The second kappa shape index (κ2) is 9.98. The molecule has 0 fully saturated rings. The average molecular weight is 286 g/mol. The molecule has 0 amide bonds. The molecule has 0 unspecified atom stereocenters. The minimum Gasteiger partial charge on any atom is -0.372 e. The van der Waals surface area contributed by atoms with Crippen LogP contribution in [0.4, 0.5) is 0 Å². The van der Waals surface area contributed by atoms with E-state index in [-0.39, 0.29) is 0 Å². The van der Waals surface area contributed by atoms with Crippen molar-refractivity contribution < 1.29 is 0 Å². The van der Waals surface area contributed by atoms with Crippen LogP contribution >= 0.6 is 0 Å². The summed E-state index contributed by atoms with van der Waals surface area (Å²) in [7, 11) is 2.08. The third kappa shape index (κ3) is 8.13. The average Bonchev–Trinajstić information content (AvgIpc) is 2.37. The van der Waals surface area contributed by atoms with E-state index in [0.717, 1.165) is 12.3 Å². The van der Waals surface area contributed by atoms with Crippen LogP contribution in [0.3, 0.4) is 0 Å². The highest BCUT2D eigenvalue weighted by Crippen LogP contribution is 2.15. The van der Waals surface area contributed by atoms with Gasteiger partial charge in [-0.15, -0.1) is 0 Å².